The van der Waals surface area contributed by atoms with Crippen molar-refractivity contribution in [2.45, 2.75) is 13.5 Å². The van der Waals surface area contributed by atoms with Crippen molar-refractivity contribution >= 4 is 21.7 Å². The number of nitrogens with zero attached hydrogens (tertiary/aromatic N) is 1. The summed E-state index contributed by atoms with van der Waals surface area (Å²) in [7, 11) is -0.305. The number of anilines is 1. The van der Waals surface area contributed by atoms with Crippen molar-refractivity contribution in [3.8, 4) is 11.5 Å². The lowest BCUT2D eigenvalue weighted by Gasteiger charge is -2.10. The highest BCUT2D eigenvalue weighted by Crippen LogP contribution is 2.27. The zero-order chi connectivity index (χ0) is 19.2. The van der Waals surface area contributed by atoms with Gasteiger partial charge in [0.2, 0.25) is 10.0 Å². The lowest BCUT2D eigenvalue weighted by molar-refractivity contribution is 0.0950. The van der Waals surface area contributed by atoms with Crippen molar-refractivity contribution in [3.63, 3.8) is 0 Å². The Morgan fingerprint density at radius 2 is 1.85 bits per heavy atom. The van der Waals surface area contributed by atoms with Gasteiger partial charge >= 0.3 is 0 Å². The molecule has 2 rings (SSSR count). The standard InChI is InChI=1S/C17H21N3O5S/c1-4-26(22,23)20-16-8-6-13(11-18-16)17(21)19-10-12-5-7-14(24-2)15(9-12)25-3/h5-9,11H,4,10H2,1-3H3,(H,18,20)(H,19,21). The van der Waals surface area contributed by atoms with Crippen molar-refractivity contribution in [1.29, 1.82) is 0 Å². The average molecular weight is 379 g/mol. The summed E-state index contributed by atoms with van der Waals surface area (Å²) < 4.78 is 35.7. The Hall–Kier alpha value is -2.81. The molecule has 1 aromatic heterocycles. The number of carbonyl (C=O) groups excluding carboxylic acids is 1. The molecule has 1 heterocycles. The maximum absolute atomic E-state index is 12.2. The minimum Gasteiger partial charge on any atom is -0.493 e. The Morgan fingerprint density at radius 1 is 1.12 bits per heavy atom. The molecule has 1 amide bonds. The highest BCUT2D eigenvalue weighted by molar-refractivity contribution is 7.92. The minimum atomic E-state index is -3.40. The van der Waals surface area contributed by atoms with Crippen LogP contribution in [0.1, 0.15) is 22.8 Å². The smallest absolute Gasteiger partial charge is 0.253 e. The molecule has 26 heavy (non-hydrogen) atoms. The maximum Gasteiger partial charge on any atom is 0.253 e. The number of benzene rings is 1. The molecule has 2 N–H and O–H groups in total. The van der Waals surface area contributed by atoms with Crippen LogP contribution in [0.5, 0.6) is 11.5 Å². The summed E-state index contributed by atoms with van der Waals surface area (Å²) in [6.07, 6.45) is 1.32. The van der Waals surface area contributed by atoms with Gasteiger partial charge in [-0.05, 0) is 36.8 Å². The van der Waals surface area contributed by atoms with Crippen LogP contribution < -0.4 is 19.5 Å². The summed E-state index contributed by atoms with van der Waals surface area (Å²) in [5.41, 5.74) is 1.17. The number of carbonyl (C=O) groups is 1. The summed E-state index contributed by atoms with van der Waals surface area (Å²) >= 11 is 0. The van der Waals surface area contributed by atoms with Crippen LogP contribution >= 0.6 is 0 Å². The zero-order valence-corrected chi connectivity index (χ0v) is 15.6. The zero-order valence-electron chi connectivity index (χ0n) is 14.8. The summed E-state index contributed by atoms with van der Waals surface area (Å²) in [5, 5.41) is 2.77. The highest BCUT2D eigenvalue weighted by atomic mass is 32.2. The Labute approximate surface area is 152 Å². The second-order valence-corrected chi connectivity index (χ2v) is 7.32. The molecule has 0 saturated carbocycles. The summed E-state index contributed by atoms with van der Waals surface area (Å²) in [4.78, 5) is 16.2. The van der Waals surface area contributed by atoms with Crippen LogP contribution in [0, 0.1) is 0 Å². The fourth-order valence-electron chi connectivity index (χ4n) is 2.10. The fraction of sp³-hybridized carbons (Fsp3) is 0.294. The molecule has 0 saturated heterocycles. The van der Waals surface area contributed by atoms with Crippen LogP contribution in [0.4, 0.5) is 5.82 Å². The number of pyridine rings is 1. The van der Waals surface area contributed by atoms with Gasteiger partial charge in [0, 0.05) is 12.7 Å². The third-order valence-electron chi connectivity index (χ3n) is 3.57. The lowest BCUT2D eigenvalue weighted by atomic mass is 10.2. The third-order valence-corrected chi connectivity index (χ3v) is 4.85. The van der Waals surface area contributed by atoms with E-state index in [1.54, 1.807) is 26.4 Å². The summed E-state index contributed by atoms with van der Waals surface area (Å²) in [6.45, 7) is 1.82. The molecule has 1 aromatic carbocycles. The SMILES string of the molecule is CCS(=O)(=O)Nc1ccc(C(=O)NCc2ccc(OC)c(OC)c2)cn1. The average Bonchev–Trinajstić information content (AvgIpc) is 2.66. The topological polar surface area (TPSA) is 107 Å². The van der Waals surface area contributed by atoms with Crippen molar-refractivity contribution in [1.82, 2.24) is 10.3 Å². The molecule has 0 spiro atoms. The van der Waals surface area contributed by atoms with E-state index in [0.29, 0.717) is 23.6 Å². The van der Waals surface area contributed by atoms with Gasteiger partial charge < -0.3 is 14.8 Å². The molecule has 0 unspecified atom stereocenters. The summed E-state index contributed by atoms with van der Waals surface area (Å²) in [6, 6.07) is 8.31. The van der Waals surface area contributed by atoms with E-state index < -0.39 is 10.0 Å². The van der Waals surface area contributed by atoms with E-state index in [9.17, 15) is 13.2 Å². The molecule has 0 aliphatic heterocycles. The number of methoxy groups -OCH3 is 2. The van der Waals surface area contributed by atoms with E-state index in [1.165, 1.54) is 25.3 Å². The molecule has 0 fully saturated rings. The van der Waals surface area contributed by atoms with Crippen LogP contribution in [-0.2, 0) is 16.6 Å². The van der Waals surface area contributed by atoms with Gasteiger partial charge in [-0.25, -0.2) is 13.4 Å². The minimum absolute atomic E-state index is 0.0533. The van der Waals surface area contributed by atoms with Gasteiger partial charge in [0.15, 0.2) is 11.5 Å². The molecular weight excluding hydrogens is 358 g/mol. The van der Waals surface area contributed by atoms with Crippen LogP contribution in [0.15, 0.2) is 36.5 Å². The first-order chi connectivity index (χ1) is 12.4. The maximum atomic E-state index is 12.2. The van der Waals surface area contributed by atoms with Crippen molar-refractivity contribution < 1.29 is 22.7 Å². The molecule has 9 heteroatoms. The summed E-state index contributed by atoms with van der Waals surface area (Å²) in [5.74, 6) is 0.980. The highest BCUT2D eigenvalue weighted by Gasteiger charge is 2.11. The first kappa shape index (κ1) is 19.5. The van der Waals surface area contributed by atoms with E-state index in [0.717, 1.165) is 5.56 Å². The number of amides is 1. The van der Waals surface area contributed by atoms with Crippen LogP contribution in [0.2, 0.25) is 0 Å². The molecule has 0 aliphatic rings. The first-order valence-electron chi connectivity index (χ1n) is 7.84. The number of hydrogen-bond donors (Lipinski definition) is 2. The molecule has 2 aromatic rings. The normalized spacial score (nSPS) is 10.9. The van der Waals surface area contributed by atoms with Crippen LogP contribution in [-0.4, -0.2) is 39.3 Å². The predicted octanol–water partition coefficient (Wildman–Crippen LogP) is 1.79. The number of nitrogens with one attached hydrogen (secondary N) is 2. The third kappa shape index (κ3) is 5.09. The van der Waals surface area contributed by atoms with Gasteiger partial charge in [-0.2, -0.15) is 0 Å². The Bertz CT molecular complexity index is 866. The number of ether oxygens (including phenoxy) is 2. The predicted molar refractivity (Wildman–Crippen MR) is 98.0 cm³/mol. The van der Waals surface area contributed by atoms with Gasteiger partial charge in [-0.15, -0.1) is 0 Å². The van der Waals surface area contributed by atoms with Gasteiger partial charge in [-0.1, -0.05) is 6.07 Å². The first-order valence-corrected chi connectivity index (χ1v) is 9.49. The molecule has 0 aliphatic carbocycles. The van der Waals surface area contributed by atoms with E-state index in [4.69, 9.17) is 9.47 Å². The monoisotopic (exact) mass is 379 g/mol. The van der Waals surface area contributed by atoms with E-state index >= 15 is 0 Å². The number of rotatable bonds is 8. The second-order valence-electron chi connectivity index (χ2n) is 5.31. The largest absolute Gasteiger partial charge is 0.493 e. The fourth-order valence-corrected chi connectivity index (χ4v) is 2.68. The lowest BCUT2D eigenvalue weighted by Crippen LogP contribution is -2.23. The van der Waals surface area contributed by atoms with Gasteiger partial charge in [-0.3, -0.25) is 9.52 Å². The van der Waals surface area contributed by atoms with Crippen LogP contribution in [0.3, 0.4) is 0 Å². The number of sulfonamides is 1. The Balaban J connectivity index is 2.00. The Morgan fingerprint density at radius 3 is 2.42 bits per heavy atom. The quantitative estimate of drug-likeness (QED) is 0.724. The van der Waals surface area contributed by atoms with Gasteiger partial charge in [0.25, 0.3) is 5.91 Å². The molecule has 0 bridgehead atoms. The van der Waals surface area contributed by atoms with E-state index in [2.05, 4.69) is 15.0 Å². The van der Waals surface area contributed by atoms with E-state index in [1.807, 2.05) is 6.07 Å². The van der Waals surface area contributed by atoms with Gasteiger partial charge in [0.05, 0.1) is 25.5 Å². The Kier molecular flexibility index (Phi) is 6.40. The van der Waals surface area contributed by atoms with Crippen molar-refractivity contribution in [2.75, 3.05) is 24.7 Å². The molecule has 0 radical (unpaired) electrons. The van der Waals surface area contributed by atoms with E-state index in [-0.39, 0.29) is 17.5 Å². The van der Waals surface area contributed by atoms with Crippen molar-refractivity contribution in [2.24, 2.45) is 0 Å². The van der Waals surface area contributed by atoms with Crippen molar-refractivity contribution in [3.05, 3.63) is 47.7 Å². The molecular formula is C17H21N3O5S. The van der Waals surface area contributed by atoms with Gasteiger partial charge in [0.1, 0.15) is 5.82 Å². The number of hydrogen-bond acceptors (Lipinski definition) is 6. The molecule has 8 nitrogen and oxygen atoms in total. The molecule has 0 atom stereocenters. The number of aromatic nitrogens is 1. The second kappa shape index (κ2) is 8.52. The molecule has 140 valence electrons. The van der Waals surface area contributed by atoms with Crippen LogP contribution in [0.25, 0.3) is 0 Å².